The molecule has 1 saturated carbocycles. The molecule has 0 spiro atoms. The van der Waals surface area contributed by atoms with Crippen molar-refractivity contribution in [3.63, 3.8) is 0 Å². The molecule has 0 aromatic carbocycles. The average molecular weight is 290 g/mol. The molecular weight excluding hydrogens is 264 g/mol. The van der Waals surface area contributed by atoms with E-state index in [0.717, 1.165) is 5.82 Å². The lowest BCUT2D eigenvalue weighted by molar-refractivity contribution is 0.186. The molecule has 1 saturated heterocycles. The lowest BCUT2D eigenvalue weighted by Gasteiger charge is -2.19. The van der Waals surface area contributed by atoms with Crippen LogP contribution in [-0.2, 0) is 0 Å². The maximum absolute atomic E-state index is 5.82. The minimum atomic E-state index is 0.493. The number of hydrogen-bond donors (Lipinski definition) is 0. The number of hydrogen-bond acceptors (Lipinski definition) is 5. The lowest BCUT2D eigenvalue weighted by Crippen LogP contribution is -2.31. The third-order valence-corrected chi connectivity index (χ3v) is 4.87. The maximum atomic E-state index is 5.82. The van der Waals surface area contributed by atoms with Crippen LogP contribution in [0.3, 0.4) is 0 Å². The van der Waals surface area contributed by atoms with Crippen molar-refractivity contribution in [3.05, 3.63) is 12.2 Å². The summed E-state index contributed by atoms with van der Waals surface area (Å²) in [5.74, 6) is 1.42. The summed E-state index contributed by atoms with van der Waals surface area (Å²) >= 11 is 0. The van der Waals surface area contributed by atoms with E-state index in [-0.39, 0.29) is 0 Å². The second kappa shape index (κ2) is 7.16. The van der Waals surface area contributed by atoms with Gasteiger partial charge in [0.25, 0.3) is 0 Å². The smallest absolute Gasteiger partial charge is 0.319 e. The molecule has 5 nitrogen and oxygen atoms in total. The topological polar surface area (TPSA) is 51.1 Å². The Labute approximate surface area is 127 Å². The van der Waals surface area contributed by atoms with E-state index in [1.54, 1.807) is 6.33 Å². The standard InChI is InChI=1S/C16H26N4O/c1-20-10-6-9-14(20)11-21-16-18-12-17-15(19-16)13-7-4-2-3-5-8-13/h12-14H,2-11H2,1H3. The summed E-state index contributed by atoms with van der Waals surface area (Å²) in [4.78, 5) is 15.5. The van der Waals surface area contributed by atoms with Gasteiger partial charge in [0.15, 0.2) is 0 Å². The first-order chi connectivity index (χ1) is 10.3. The Kier molecular flexibility index (Phi) is 5.01. The van der Waals surface area contributed by atoms with Crippen LogP contribution in [0, 0.1) is 0 Å². The second-order valence-electron chi connectivity index (χ2n) is 6.40. The van der Waals surface area contributed by atoms with Crippen molar-refractivity contribution in [2.24, 2.45) is 0 Å². The van der Waals surface area contributed by atoms with Crippen molar-refractivity contribution in [2.45, 2.75) is 63.3 Å². The molecule has 0 bridgehead atoms. The molecule has 1 aromatic rings. The molecule has 3 rings (SSSR count). The number of ether oxygens (including phenoxy) is 1. The lowest BCUT2D eigenvalue weighted by atomic mass is 10.00. The molecule has 1 aliphatic carbocycles. The van der Waals surface area contributed by atoms with E-state index >= 15 is 0 Å². The highest BCUT2D eigenvalue weighted by molar-refractivity contribution is 5.02. The zero-order valence-electron chi connectivity index (χ0n) is 13.0. The highest BCUT2D eigenvalue weighted by Crippen LogP contribution is 2.29. The number of nitrogens with zero attached hydrogens (tertiary/aromatic N) is 4. The van der Waals surface area contributed by atoms with E-state index in [1.807, 2.05) is 0 Å². The van der Waals surface area contributed by atoms with Gasteiger partial charge in [-0.25, -0.2) is 4.98 Å². The van der Waals surface area contributed by atoms with Crippen LogP contribution in [0.25, 0.3) is 0 Å². The Morgan fingerprint density at radius 2 is 1.90 bits per heavy atom. The van der Waals surface area contributed by atoms with E-state index in [4.69, 9.17) is 4.74 Å². The molecule has 116 valence electrons. The SMILES string of the molecule is CN1CCCC1COc1ncnc(C2CCCCCC2)n1. The Hall–Kier alpha value is -1.23. The molecule has 2 fully saturated rings. The monoisotopic (exact) mass is 290 g/mol. The summed E-state index contributed by atoms with van der Waals surface area (Å²) in [7, 11) is 2.16. The van der Waals surface area contributed by atoms with Gasteiger partial charge in [0, 0.05) is 12.0 Å². The first-order valence-electron chi connectivity index (χ1n) is 8.35. The number of likely N-dealkylation sites (tertiary alicyclic amines) is 1. The van der Waals surface area contributed by atoms with Crippen LogP contribution in [-0.4, -0.2) is 46.1 Å². The first-order valence-corrected chi connectivity index (χ1v) is 8.35. The molecule has 1 atom stereocenters. The third-order valence-electron chi connectivity index (χ3n) is 4.87. The summed E-state index contributed by atoms with van der Waals surface area (Å²) in [5.41, 5.74) is 0. The van der Waals surface area contributed by atoms with Crippen LogP contribution in [0.2, 0.25) is 0 Å². The van der Waals surface area contributed by atoms with Crippen molar-refractivity contribution >= 4 is 0 Å². The zero-order chi connectivity index (χ0) is 14.5. The summed E-state index contributed by atoms with van der Waals surface area (Å²) in [6.45, 7) is 1.85. The van der Waals surface area contributed by atoms with Crippen molar-refractivity contribution in [1.29, 1.82) is 0 Å². The Morgan fingerprint density at radius 1 is 1.10 bits per heavy atom. The number of rotatable bonds is 4. The minimum absolute atomic E-state index is 0.493. The summed E-state index contributed by atoms with van der Waals surface area (Å²) < 4.78 is 5.82. The van der Waals surface area contributed by atoms with Gasteiger partial charge in [0.1, 0.15) is 18.8 Å². The Balaban J connectivity index is 1.59. The summed E-state index contributed by atoms with van der Waals surface area (Å²) in [6.07, 6.45) is 11.8. The van der Waals surface area contributed by atoms with E-state index in [2.05, 4.69) is 26.9 Å². The van der Waals surface area contributed by atoms with Gasteiger partial charge in [-0.3, -0.25) is 0 Å². The molecule has 1 unspecified atom stereocenters. The molecule has 21 heavy (non-hydrogen) atoms. The molecule has 0 N–H and O–H groups in total. The predicted molar refractivity (Wildman–Crippen MR) is 81.4 cm³/mol. The summed E-state index contributed by atoms with van der Waals surface area (Å²) in [5, 5.41) is 0. The number of likely N-dealkylation sites (N-methyl/N-ethyl adjacent to an activating group) is 1. The minimum Gasteiger partial charge on any atom is -0.462 e. The van der Waals surface area contributed by atoms with Gasteiger partial charge < -0.3 is 9.64 Å². The van der Waals surface area contributed by atoms with Crippen molar-refractivity contribution in [2.75, 3.05) is 20.2 Å². The van der Waals surface area contributed by atoms with Crippen molar-refractivity contribution in [1.82, 2.24) is 19.9 Å². The molecule has 1 aromatic heterocycles. The third kappa shape index (κ3) is 3.90. The van der Waals surface area contributed by atoms with E-state index in [9.17, 15) is 0 Å². The van der Waals surface area contributed by atoms with Crippen LogP contribution in [0.5, 0.6) is 6.01 Å². The quantitative estimate of drug-likeness (QED) is 0.798. The van der Waals surface area contributed by atoms with Crippen LogP contribution in [0.1, 0.15) is 63.1 Å². The van der Waals surface area contributed by atoms with Crippen molar-refractivity contribution < 1.29 is 4.74 Å². The highest BCUT2D eigenvalue weighted by Gasteiger charge is 2.22. The molecule has 2 heterocycles. The predicted octanol–water partition coefficient (Wildman–Crippen LogP) is 2.78. The first kappa shape index (κ1) is 14.7. The average Bonchev–Trinajstić information content (AvgIpc) is 2.77. The fourth-order valence-corrected chi connectivity index (χ4v) is 3.46. The maximum Gasteiger partial charge on any atom is 0.319 e. The van der Waals surface area contributed by atoms with E-state index in [0.29, 0.717) is 24.6 Å². The van der Waals surface area contributed by atoms with Crippen LogP contribution in [0.15, 0.2) is 6.33 Å². The normalized spacial score (nSPS) is 24.9. The van der Waals surface area contributed by atoms with Crippen molar-refractivity contribution in [3.8, 4) is 6.01 Å². The largest absolute Gasteiger partial charge is 0.462 e. The second-order valence-corrected chi connectivity index (χ2v) is 6.40. The van der Waals surface area contributed by atoms with E-state index in [1.165, 1.54) is 57.9 Å². The van der Waals surface area contributed by atoms with Crippen LogP contribution in [0.4, 0.5) is 0 Å². The fraction of sp³-hybridized carbons (Fsp3) is 0.812. The van der Waals surface area contributed by atoms with E-state index < -0.39 is 0 Å². The van der Waals surface area contributed by atoms with Gasteiger partial charge in [-0.2, -0.15) is 9.97 Å². The molecule has 5 heteroatoms. The van der Waals surface area contributed by atoms with Gasteiger partial charge in [-0.15, -0.1) is 0 Å². The molecule has 2 aliphatic rings. The van der Waals surface area contributed by atoms with Crippen LogP contribution >= 0.6 is 0 Å². The van der Waals surface area contributed by atoms with Crippen LogP contribution < -0.4 is 4.74 Å². The Morgan fingerprint density at radius 3 is 2.62 bits per heavy atom. The summed E-state index contributed by atoms with van der Waals surface area (Å²) in [6, 6.07) is 1.01. The molecule has 0 radical (unpaired) electrons. The molecule has 1 aliphatic heterocycles. The highest BCUT2D eigenvalue weighted by atomic mass is 16.5. The van der Waals surface area contributed by atoms with Gasteiger partial charge in [0.2, 0.25) is 0 Å². The molecular formula is C16H26N4O. The zero-order valence-corrected chi connectivity index (χ0v) is 13.0. The Bertz CT molecular complexity index is 446. The van der Waals surface area contributed by atoms with Gasteiger partial charge in [-0.05, 0) is 39.3 Å². The number of aromatic nitrogens is 3. The van der Waals surface area contributed by atoms with Gasteiger partial charge >= 0.3 is 6.01 Å². The van der Waals surface area contributed by atoms with Gasteiger partial charge in [0.05, 0.1) is 0 Å². The van der Waals surface area contributed by atoms with Gasteiger partial charge in [-0.1, -0.05) is 25.7 Å². The molecule has 0 amide bonds. The fourth-order valence-electron chi connectivity index (χ4n) is 3.46.